The van der Waals surface area contributed by atoms with Gasteiger partial charge in [-0.3, -0.25) is 4.79 Å². The molecule has 2 N–H and O–H groups in total. The Balaban J connectivity index is 3.01. The van der Waals surface area contributed by atoms with Crippen LogP contribution in [-0.4, -0.2) is 51.9 Å². The number of carbonyl (C=O) groups excluding carboxylic acids is 1. The predicted octanol–water partition coefficient (Wildman–Crippen LogP) is 1.36. The van der Waals surface area contributed by atoms with Crippen LogP contribution in [0.4, 0.5) is 0 Å². The Bertz CT molecular complexity index is 625. The second-order valence-corrected chi connectivity index (χ2v) is 7.22. The molecule has 130 valence electrons. The first-order valence-corrected chi connectivity index (χ1v) is 9.36. The molecule has 1 aromatic rings. The van der Waals surface area contributed by atoms with E-state index in [1.807, 2.05) is 7.05 Å². The minimum Gasteiger partial charge on any atom is -0.352 e. The van der Waals surface area contributed by atoms with Gasteiger partial charge in [-0.2, -0.15) is 4.31 Å². The van der Waals surface area contributed by atoms with E-state index in [1.165, 1.54) is 10.4 Å². The lowest BCUT2D eigenvalue weighted by Gasteiger charge is -2.19. The number of sulfonamides is 1. The van der Waals surface area contributed by atoms with Crippen molar-refractivity contribution in [1.29, 1.82) is 0 Å². The van der Waals surface area contributed by atoms with Crippen LogP contribution in [0.25, 0.3) is 0 Å². The number of hydrogen-bond acceptors (Lipinski definition) is 4. The monoisotopic (exact) mass is 341 g/mol. The van der Waals surface area contributed by atoms with Gasteiger partial charge in [0, 0.05) is 25.2 Å². The zero-order valence-electron chi connectivity index (χ0n) is 14.3. The first kappa shape index (κ1) is 19.6. The number of hydrogen-bond donors (Lipinski definition) is 2. The summed E-state index contributed by atoms with van der Waals surface area (Å²) in [6, 6.07) is 4.70. The summed E-state index contributed by atoms with van der Waals surface area (Å²) in [5.41, 5.74) is 1.16. The third kappa shape index (κ3) is 5.02. The molecule has 1 rings (SSSR count). The Morgan fingerprint density at radius 2 is 1.83 bits per heavy atom. The van der Waals surface area contributed by atoms with Gasteiger partial charge in [0.05, 0.1) is 4.90 Å². The van der Waals surface area contributed by atoms with Crippen molar-refractivity contribution in [3.8, 4) is 0 Å². The SMILES string of the molecule is CCN(CC)S(=O)(=O)c1ccc(C)c(C(=O)NCCCNC)c1. The normalized spacial score (nSPS) is 11.7. The van der Waals surface area contributed by atoms with E-state index in [0.29, 0.717) is 25.2 Å². The fraction of sp³-hybridized carbons (Fsp3) is 0.562. The summed E-state index contributed by atoms with van der Waals surface area (Å²) in [6.07, 6.45) is 0.818. The molecule has 0 aliphatic rings. The largest absolute Gasteiger partial charge is 0.352 e. The van der Waals surface area contributed by atoms with E-state index in [0.717, 1.165) is 18.5 Å². The van der Waals surface area contributed by atoms with E-state index in [1.54, 1.807) is 32.9 Å². The molecule has 0 aromatic heterocycles. The van der Waals surface area contributed by atoms with Crippen molar-refractivity contribution in [2.75, 3.05) is 33.2 Å². The second kappa shape index (κ2) is 9.00. The predicted molar refractivity (Wildman–Crippen MR) is 92.2 cm³/mol. The summed E-state index contributed by atoms with van der Waals surface area (Å²) in [7, 11) is -1.71. The molecule has 1 amide bonds. The maximum absolute atomic E-state index is 12.6. The zero-order chi connectivity index (χ0) is 17.5. The molecule has 0 saturated carbocycles. The second-order valence-electron chi connectivity index (χ2n) is 5.28. The fourth-order valence-corrected chi connectivity index (χ4v) is 3.77. The molecule has 0 aliphatic carbocycles. The summed E-state index contributed by atoms with van der Waals surface area (Å²) in [6.45, 7) is 7.56. The van der Waals surface area contributed by atoms with Gasteiger partial charge in [0.25, 0.3) is 5.91 Å². The molecular weight excluding hydrogens is 314 g/mol. The van der Waals surface area contributed by atoms with E-state index in [-0.39, 0.29) is 10.8 Å². The molecule has 0 spiro atoms. The molecule has 0 radical (unpaired) electrons. The van der Waals surface area contributed by atoms with E-state index >= 15 is 0 Å². The summed E-state index contributed by atoms with van der Waals surface area (Å²) in [5, 5.41) is 5.83. The maximum atomic E-state index is 12.6. The van der Waals surface area contributed by atoms with Gasteiger partial charge in [-0.15, -0.1) is 0 Å². The number of carbonyl (C=O) groups is 1. The van der Waals surface area contributed by atoms with Crippen molar-refractivity contribution in [3.63, 3.8) is 0 Å². The van der Waals surface area contributed by atoms with Crippen LogP contribution in [0.15, 0.2) is 23.1 Å². The van der Waals surface area contributed by atoms with Crippen LogP contribution in [0.1, 0.15) is 36.2 Å². The van der Waals surface area contributed by atoms with Gasteiger partial charge in [0.1, 0.15) is 0 Å². The lowest BCUT2D eigenvalue weighted by atomic mass is 10.1. The molecule has 0 unspecified atom stereocenters. The number of nitrogens with one attached hydrogen (secondary N) is 2. The van der Waals surface area contributed by atoms with Crippen LogP contribution in [0.3, 0.4) is 0 Å². The van der Waals surface area contributed by atoms with Crippen molar-refractivity contribution < 1.29 is 13.2 Å². The minimum atomic E-state index is -3.56. The van der Waals surface area contributed by atoms with E-state index in [4.69, 9.17) is 0 Å². The van der Waals surface area contributed by atoms with Crippen LogP contribution in [-0.2, 0) is 10.0 Å². The smallest absolute Gasteiger partial charge is 0.251 e. The molecule has 0 saturated heterocycles. The lowest BCUT2D eigenvalue weighted by molar-refractivity contribution is 0.0952. The molecule has 23 heavy (non-hydrogen) atoms. The average Bonchev–Trinajstić information content (AvgIpc) is 2.52. The number of nitrogens with zero attached hydrogens (tertiary/aromatic N) is 1. The molecule has 0 aliphatic heterocycles. The van der Waals surface area contributed by atoms with Gasteiger partial charge in [-0.25, -0.2) is 8.42 Å². The summed E-state index contributed by atoms with van der Waals surface area (Å²) >= 11 is 0. The summed E-state index contributed by atoms with van der Waals surface area (Å²) in [5.74, 6) is -0.241. The molecule has 7 heteroatoms. The molecule has 6 nitrogen and oxygen atoms in total. The quantitative estimate of drug-likeness (QED) is 0.665. The van der Waals surface area contributed by atoms with E-state index < -0.39 is 10.0 Å². The molecule has 0 heterocycles. The first-order valence-electron chi connectivity index (χ1n) is 7.92. The molecule has 0 atom stereocenters. The Morgan fingerprint density at radius 1 is 1.17 bits per heavy atom. The molecule has 1 aromatic carbocycles. The van der Waals surface area contributed by atoms with Gasteiger partial charge in [0.15, 0.2) is 0 Å². The summed E-state index contributed by atoms with van der Waals surface area (Å²) < 4.78 is 26.5. The van der Waals surface area contributed by atoms with Gasteiger partial charge in [-0.1, -0.05) is 19.9 Å². The zero-order valence-corrected chi connectivity index (χ0v) is 15.2. The van der Waals surface area contributed by atoms with E-state index in [2.05, 4.69) is 10.6 Å². The highest BCUT2D eigenvalue weighted by Gasteiger charge is 2.23. The average molecular weight is 341 g/mol. The summed E-state index contributed by atoms with van der Waals surface area (Å²) in [4.78, 5) is 12.4. The minimum absolute atomic E-state index is 0.159. The third-order valence-electron chi connectivity index (χ3n) is 3.69. The van der Waals surface area contributed by atoms with Crippen LogP contribution >= 0.6 is 0 Å². The van der Waals surface area contributed by atoms with Crippen LogP contribution in [0, 0.1) is 6.92 Å². The van der Waals surface area contributed by atoms with Crippen LogP contribution < -0.4 is 10.6 Å². The number of rotatable bonds is 9. The highest BCUT2D eigenvalue weighted by molar-refractivity contribution is 7.89. The fourth-order valence-electron chi connectivity index (χ4n) is 2.28. The maximum Gasteiger partial charge on any atom is 0.251 e. The van der Waals surface area contributed by atoms with Gasteiger partial charge in [0.2, 0.25) is 10.0 Å². The Hall–Kier alpha value is -1.44. The number of aryl methyl sites for hydroxylation is 1. The van der Waals surface area contributed by atoms with Gasteiger partial charge in [-0.05, 0) is 44.6 Å². The Morgan fingerprint density at radius 3 is 2.39 bits per heavy atom. The standard InChI is InChI=1S/C16H27N3O3S/c1-5-19(6-2)23(21,22)14-9-8-13(3)15(12-14)16(20)18-11-7-10-17-4/h8-9,12,17H,5-7,10-11H2,1-4H3,(H,18,20). The Kier molecular flexibility index (Phi) is 7.67. The number of amides is 1. The van der Waals surface area contributed by atoms with Crippen molar-refractivity contribution >= 4 is 15.9 Å². The molecule has 0 fully saturated rings. The van der Waals surface area contributed by atoms with Gasteiger partial charge < -0.3 is 10.6 Å². The van der Waals surface area contributed by atoms with Crippen LogP contribution in [0.2, 0.25) is 0 Å². The van der Waals surface area contributed by atoms with Crippen molar-refractivity contribution in [3.05, 3.63) is 29.3 Å². The van der Waals surface area contributed by atoms with Crippen molar-refractivity contribution in [2.45, 2.75) is 32.1 Å². The first-order chi connectivity index (χ1) is 10.9. The molecular formula is C16H27N3O3S. The highest BCUT2D eigenvalue weighted by Crippen LogP contribution is 2.19. The van der Waals surface area contributed by atoms with Crippen molar-refractivity contribution in [1.82, 2.24) is 14.9 Å². The van der Waals surface area contributed by atoms with E-state index in [9.17, 15) is 13.2 Å². The topological polar surface area (TPSA) is 78.5 Å². The highest BCUT2D eigenvalue weighted by atomic mass is 32.2. The third-order valence-corrected chi connectivity index (χ3v) is 5.73. The number of benzene rings is 1. The van der Waals surface area contributed by atoms with Crippen LogP contribution in [0.5, 0.6) is 0 Å². The Labute approximate surface area is 139 Å². The van der Waals surface area contributed by atoms with Crippen molar-refractivity contribution in [2.24, 2.45) is 0 Å². The lowest BCUT2D eigenvalue weighted by Crippen LogP contribution is -2.31. The molecule has 0 bridgehead atoms. The van der Waals surface area contributed by atoms with Gasteiger partial charge >= 0.3 is 0 Å².